The van der Waals surface area contributed by atoms with E-state index in [0.717, 1.165) is 24.0 Å². The Morgan fingerprint density at radius 1 is 1.12 bits per heavy atom. The number of rotatable bonds is 7. The lowest BCUT2D eigenvalue weighted by Crippen LogP contribution is -2.35. The summed E-state index contributed by atoms with van der Waals surface area (Å²) in [4.78, 5) is 16.1. The molecule has 2 aromatic carbocycles. The van der Waals surface area contributed by atoms with Crippen molar-refractivity contribution in [3.8, 4) is 22.8 Å². The second-order valence-corrected chi connectivity index (χ2v) is 8.15. The van der Waals surface area contributed by atoms with Gasteiger partial charge in [0.1, 0.15) is 6.54 Å². The summed E-state index contributed by atoms with van der Waals surface area (Å²) in [7, 11) is 0. The molecule has 0 spiro atoms. The van der Waals surface area contributed by atoms with Gasteiger partial charge >= 0.3 is 0 Å². The van der Waals surface area contributed by atoms with Gasteiger partial charge in [-0.05, 0) is 37.1 Å². The lowest BCUT2D eigenvalue weighted by molar-refractivity contribution is -0.133. The monoisotopic (exact) mass is 449 g/mol. The molecule has 4 aromatic rings. The molecule has 10 heteroatoms. The summed E-state index contributed by atoms with van der Waals surface area (Å²) in [6, 6.07) is 15.2. The van der Waals surface area contributed by atoms with Crippen LogP contribution in [0.2, 0.25) is 5.02 Å². The molecular weight excluding hydrogens is 430 g/mol. The van der Waals surface area contributed by atoms with Crippen molar-refractivity contribution in [2.45, 2.75) is 38.9 Å². The first-order valence-electron chi connectivity index (χ1n) is 10.3. The fraction of sp³-hybridized carbons (Fsp3) is 0.273. The topological polar surface area (TPSA) is 103 Å². The minimum Gasteiger partial charge on any atom is -0.419 e. The molecule has 162 valence electrons. The lowest BCUT2D eigenvalue weighted by Gasteiger charge is -2.19. The number of nitrogens with zero attached hydrogens (tertiary/aromatic N) is 7. The summed E-state index contributed by atoms with van der Waals surface area (Å²) < 4.78 is 5.78. The Labute approximate surface area is 189 Å². The number of amides is 1. The van der Waals surface area contributed by atoms with E-state index >= 15 is 0 Å². The zero-order valence-corrected chi connectivity index (χ0v) is 18.1. The Balaban J connectivity index is 1.28. The van der Waals surface area contributed by atoms with Crippen LogP contribution in [0.15, 0.2) is 52.9 Å². The molecule has 1 fully saturated rings. The van der Waals surface area contributed by atoms with E-state index in [4.69, 9.17) is 16.0 Å². The normalized spacial score (nSPS) is 13.3. The van der Waals surface area contributed by atoms with Crippen molar-refractivity contribution in [2.24, 2.45) is 0 Å². The van der Waals surface area contributed by atoms with Gasteiger partial charge in [0.25, 0.3) is 0 Å². The predicted molar refractivity (Wildman–Crippen MR) is 116 cm³/mol. The summed E-state index contributed by atoms with van der Waals surface area (Å²) in [5.41, 5.74) is 2.66. The number of halogens is 1. The second-order valence-electron chi connectivity index (χ2n) is 7.74. The Morgan fingerprint density at radius 3 is 2.66 bits per heavy atom. The molecule has 1 aliphatic rings. The molecule has 1 amide bonds. The lowest BCUT2D eigenvalue weighted by atomic mass is 10.1. The van der Waals surface area contributed by atoms with Gasteiger partial charge in [-0.1, -0.05) is 53.6 Å². The van der Waals surface area contributed by atoms with Crippen molar-refractivity contribution in [1.82, 2.24) is 35.3 Å². The summed E-state index contributed by atoms with van der Waals surface area (Å²) in [6.45, 7) is 2.22. The molecular formula is C22H20ClN7O2. The van der Waals surface area contributed by atoms with Crippen molar-refractivity contribution in [3.05, 3.63) is 65.0 Å². The third-order valence-corrected chi connectivity index (χ3v) is 5.55. The van der Waals surface area contributed by atoms with E-state index in [1.807, 2.05) is 49.4 Å². The average molecular weight is 450 g/mol. The van der Waals surface area contributed by atoms with Crippen LogP contribution >= 0.6 is 11.6 Å². The highest BCUT2D eigenvalue weighted by molar-refractivity contribution is 6.33. The Morgan fingerprint density at radius 2 is 1.91 bits per heavy atom. The molecule has 5 rings (SSSR count). The Kier molecular flexibility index (Phi) is 5.40. The quantitative estimate of drug-likeness (QED) is 0.425. The number of tetrazole rings is 1. The first kappa shape index (κ1) is 20.3. The number of hydrogen-bond acceptors (Lipinski definition) is 7. The number of hydrogen-bond donors (Lipinski definition) is 0. The maximum atomic E-state index is 13.0. The van der Waals surface area contributed by atoms with E-state index in [1.165, 1.54) is 4.80 Å². The molecule has 0 aliphatic heterocycles. The number of benzene rings is 2. The Hall–Kier alpha value is -3.59. The summed E-state index contributed by atoms with van der Waals surface area (Å²) in [6.07, 6.45) is 1.88. The molecule has 1 aliphatic carbocycles. The van der Waals surface area contributed by atoms with Crippen molar-refractivity contribution < 1.29 is 9.21 Å². The van der Waals surface area contributed by atoms with Crippen molar-refractivity contribution in [1.29, 1.82) is 0 Å². The van der Waals surface area contributed by atoms with Gasteiger partial charge in [0.15, 0.2) is 0 Å². The Bertz CT molecular complexity index is 1250. The SMILES string of the molecule is Cc1ccc(-c2nnn(CC(=O)N(Cc3nnc(-c4ccccc4Cl)o3)C3CC3)n2)cc1. The molecule has 0 saturated heterocycles. The van der Waals surface area contributed by atoms with Gasteiger partial charge in [0.2, 0.25) is 23.5 Å². The molecule has 2 aromatic heterocycles. The van der Waals surface area contributed by atoms with E-state index in [9.17, 15) is 4.79 Å². The molecule has 1 saturated carbocycles. The summed E-state index contributed by atoms with van der Waals surface area (Å²) >= 11 is 6.21. The maximum absolute atomic E-state index is 13.0. The zero-order valence-electron chi connectivity index (χ0n) is 17.3. The third-order valence-electron chi connectivity index (χ3n) is 5.22. The van der Waals surface area contributed by atoms with Crippen LogP contribution in [0.1, 0.15) is 24.3 Å². The second kappa shape index (κ2) is 8.51. The minimum absolute atomic E-state index is 0.0130. The van der Waals surface area contributed by atoms with Crippen LogP contribution in [0, 0.1) is 6.92 Å². The number of aromatic nitrogens is 6. The van der Waals surface area contributed by atoms with E-state index in [1.54, 1.807) is 11.0 Å². The van der Waals surface area contributed by atoms with E-state index < -0.39 is 0 Å². The van der Waals surface area contributed by atoms with Crippen LogP contribution in [-0.2, 0) is 17.9 Å². The summed E-state index contributed by atoms with van der Waals surface area (Å²) in [5, 5.41) is 21.2. The number of carbonyl (C=O) groups is 1. The fourth-order valence-corrected chi connectivity index (χ4v) is 3.57. The molecule has 0 N–H and O–H groups in total. The van der Waals surface area contributed by atoms with Gasteiger partial charge in [-0.2, -0.15) is 4.80 Å². The van der Waals surface area contributed by atoms with Gasteiger partial charge < -0.3 is 9.32 Å². The van der Waals surface area contributed by atoms with Crippen LogP contribution in [-0.4, -0.2) is 47.3 Å². The van der Waals surface area contributed by atoms with Crippen molar-refractivity contribution in [2.75, 3.05) is 0 Å². The zero-order chi connectivity index (χ0) is 22.1. The summed E-state index contributed by atoms with van der Waals surface area (Å²) in [5.74, 6) is 1.04. The van der Waals surface area contributed by atoms with Crippen molar-refractivity contribution >= 4 is 17.5 Å². The molecule has 0 unspecified atom stereocenters. The first-order chi connectivity index (χ1) is 15.6. The minimum atomic E-state index is -0.127. The molecule has 0 atom stereocenters. The van der Waals surface area contributed by atoms with Gasteiger partial charge in [0, 0.05) is 11.6 Å². The van der Waals surface area contributed by atoms with Crippen LogP contribution in [0.25, 0.3) is 22.8 Å². The van der Waals surface area contributed by atoms with Crippen molar-refractivity contribution in [3.63, 3.8) is 0 Å². The molecule has 2 heterocycles. The van der Waals surface area contributed by atoms with Crippen LogP contribution in [0.4, 0.5) is 0 Å². The highest BCUT2D eigenvalue weighted by atomic mass is 35.5. The fourth-order valence-electron chi connectivity index (χ4n) is 3.35. The standard InChI is InChI=1S/C22H20ClN7O2/c1-14-6-8-15(9-7-14)21-25-28-30(27-21)13-20(31)29(16-10-11-16)12-19-24-26-22(32-19)17-4-2-3-5-18(17)23/h2-9,16H,10-13H2,1H3. The largest absolute Gasteiger partial charge is 0.419 e. The van der Waals surface area contributed by atoms with Gasteiger partial charge in [-0.25, -0.2) is 0 Å². The van der Waals surface area contributed by atoms with Gasteiger partial charge in [0.05, 0.1) is 17.1 Å². The van der Waals surface area contributed by atoms with Crippen LogP contribution in [0.3, 0.4) is 0 Å². The molecule has 9 nitrogen and oxygen atoms in total. The maximum Gasteiger partial charge on any atom is 0.249 e. The van der Waals surface area contributed by atoms with Gasteiger partial charge in [-0.3, -0.25) is 4.79 Å². The van der Waals surface area contributed by atoms with E-state index in [-0.39, 0.29) is 25.0 Å². The molecule has 32 heavy (non-hydrogen) atoms. The number of aryl methyl sites for hydroxylation is 1. The first-order valence-corrected chi connectivity index (χ1v) is 10.7. The highest BCUT2D eigenvalue weighted by Gasteiger charge is 2.34. The van der Waals surface area contributed by atoms with Gasteiger partial charge in [-0.15, -0.1) is 20.4 Å². The third kappa shape index (κ3) is 4.38. The van der Waals surface area contributed by atoms with E-state index in [0.29, 0.717) is 28.2 Å². The van der Waals surface area contributed by atoms with Crippen LogP contribution in [0.5, 0.6) is 0 Å². The van der Waals surface area contributed by atoms with Crippen LogP contribution < -0.4 is 0 Å². The number of carbonyl (C=O) groups excluding carboxylic acids is 1. The smallest absolute Gasteiger partial charge is 0.249 e. The molecule has 0 radical (unpaired) electrons. The predicted octanol–water partition coefficient (Wildman–Crippen LogP) is 3.54. The highest BCUT2D eigenvalue weighted by Crippen LogP contribution is 2.30. The molecule has 0 bridgehead atoms. The average Bonchev–Trinajstić information content (AvgIpc) is 3.34. The van der Waals surface area contributed by atoms with E-state index in [2.05, 4.69) is 25.6 Å².